The molecule has 0 radical (unpaired) electrons. The van der Waals surface area contributed by atoms with Gasteiger partial charge in [-0.05, 0) is 128 Å². The number of ether oxygens (including phenoxy) is 1. The summed E-state index contributed by atoms with van der Waals surface area (Å²) in [5.74, 6) is 1.68. The first-order valence-electron chi connectivity index (χ1n) is 17.2. The second-order valence-corrected chi connectivity index (χ2v) is 17.3. The fourth-order valence-corrected chi connectivity index (χ4v) is 8.36. The summed E-state index contributed by atoms with van der Waals surface area (Å²) in [6.07, 6.45) is 9.66. The van der Waals surface area contributed by atoms with Gasteiger partial charge in [-0.25, -0.2) is 4.79 Å². The van der Waals surface area contributed by atoms with Gasteiger partial charge in [-0.2, -0.15) is 0 Å². The van der Waals surface area contributed by atoms with Crippen LogP contribution < -0.4 is 10.4 Å². The van der Waals surface area contributed by atoms with Crippen LogP contribution in [0.1, 0.15) is 126 Å². The maximum Gasteiger partial charge on any atom is 0.494 e. The van der Waals surface area contributed by atoms with E-state index in [0.717, 1.165) is 35.5 Å². The molecule has 0 bridgehead atoms. The topological polar surface area (TPSA) is 68.3 Å². The van der Waals surface area contributed by atoms with E-state index >= 15 is 0 Å². The Labute approximate surface area is 265 Å². The summed E-state index contributed by atoms with van der Waals surface area (Å²) in [6, 6.07) is 6.64. The fourth-order valence-electron chi connectivity index (χ4n) is 8.36. The SMILES string of the molecule is CC1(C)CCCC(C2CC(N3C(=O)C4(CCN(C(=O)OC(C)(C)C)CC4)c4ccc(B5OC(C)(C)C(C)(C)O5)cc43)C2)CC1. The molecule has 2 aliphatic carbocycles. The Morgan fingerprint density at radius 2 is 1.55 bits per heavy atom. The van der Waals surface area contributed by atoms with Gasteiger partial charge in [0.2, 0.25) is 5.91 Å². The Morgan fingerprint density at radius 1 is 0.909 bits per heavy atom. The van der Waals surface area contributed by atoms with Gasteiger partial charge in [-0.15, -0.1) is 0 Å². The molecule has 7 nitrogen and oxygen atoms in total. The van der Waals surface area contributed by atoms with E-state index in [9.17, 15) is 9.59 Å². The highest BCUT2D eigenvalue weighted by Crippen LogP contribution is 2.53. The zero-order valence-electron chi connectivity index (χ0n) is 28.8. The highest BCUT2D eigenvalue weighted by atomic mass is 16.7. The van der Waals surface area contributed by atoms with E-state index in [2.05, 4.69) is 64.6 Å². The van der Waals surface area contributed by atoms with Crippen LogP contribution in [0, 0.1) is 17.3 Å². The number of carbonyl (C=O) groups is 2. The molecule has 0 N–H and O–H groups in total. The maximum atomic E-state index is 14.7. The summed E-state index contributed by atoms with van der Waals surface area (Å²) >= 11 is 0. The number of nitrogens with zero attached hydrogens (tertiary/aromatic N) is 2. The van der Waals surface area contributed by atoms with E-state index in [0.29, 0.717) is 37.3 Å². The second-order valence-electron chi connectivity index (χ2n) is 17.3. The first-order valence-corrected chi connectivity index (χ1v) is 17.2. The van der Waals surface area contributed by atoms with Crippen molar-refractivity contribution >= 4 is 30.3 Å². The molecule has 2 saturated heterocycles. The van der Waals surface area contributed by atoms with Gasteiger partial charge in [-0.3, -0.25) is 4.79 Å². The van der Waals surface area contributed by atoms with Crippen molar-refractivity contribution < 1.29 is 23.6 Å². The third-order valence-corrected chi connectivity index (χ3v) is 12.0. The van der Waals surface area contributed by atoms with Crippen molar-refractivity contribution in [2.45, 2.75) is 148 Å². The number of anilines is 1. The summed E-state index contributed by atoms with van der Waals surface area (Å²) in [7, 11) is -0.476. The molecule has 3 aliphatic heterocycles. The van der Waals surface area contributed by atoms with Gasteiger partial charge in [-0.1, -0.05) is 38.8 Å². The Bertz CT molecular complexity index is 1270. The molecule has 1 aromatic rings. The van der Waals surface area contributed by atoms with E-state index in [1.54, 1.807) is 4.90 Å². The van der Waals surface area contributed by atoms with Crippen molar-refractivity contribution in [3.63, 3.8) is 0 Å². The van der Waals surface area contributed by atoms with Crippen molar-refractivity contribution in [1.29, 1.82) is 0 Å². The van der Waals surface area contributed by atoms with Gasteiger partial charge in [0.25, 0.3) is 0 Å². The predicted octanol–water partition coefficient (Wildman–Crippen LogP) is 6.99. The molecular formula is C36H55BN2O5. The van der Waals surface area contributed by atoms with E-state index in [4.69, 9.17) is 14.0 Å². The molecule has 8 heteroatoms. The van der Waals surface area contributed by atoms with E-state index < -0.39 is 29.3 Å². The number of hydrogen-bond acceptors (Lipinski definition) is 5. The van der Waals surface area contributed by atoms with Crippen LogP contribution in [0.4, 0.5) is 10.5 Å². The van der Waals surface area contributed by atoms with Crippen LogP contribution in [-0.4, -0.2) is 60.0 Å². The molecule has 1 unspecified atom stereocenters. The lowest BCUT2D eigenvalue weighted by molar-refractivity contribution is -0.126. The quantitative estimate of drug-likeness (QED) is 0.274. The number of piperidine rings is 1. The van der Waals surface area contributed by atoms with Crippen molar-refractivity contribution in [1.82, 2.24) is 4.90 Å². The average molecular weight is 607 g/mol. The number of amides is 2. The second kappa shape index (κ2) is 10.8. The first kappa shape index (κ1) is 31.9. The van der Waals surface area contributed by atoms with Crippen LogP contribution in [0.25, 0.3) is 0 Å². The predicted molar refractivity (Wildman–Crippen MR) is 175 cm³/mol. The molecule has 0 aromatic heterocycles. The lowest BCUT2D eigenvalue weighted by Crippen LogP contribution is -2.55. The first-order chi connectivity index (χ1) is 20.4. The summed E-state index contributed by atoms with van der Waals surface area (Å²) < 4.78 is 18.5. The van der Waals surface area contributed by atoms with Crippen LogP contribution in [0.3, 0.4) is 0 Å². The van der Waals surface area contributed by atoms with E-state index in [1.807, 2.05) is 20.8 Å². The number of rotatable bonds is 3. The van der Waals surface area contributed by atoms with Gasteiger partial charge in [0, 0.05) is 24.8 Å². The number of likely N-dealkylation sites (tertiary alicyclic amines) is 1. The molecule has 5 aliphatic rings. The fraction of sp³-hybridized carbons (Fsp3) is 0.778. The molecule has 1 atom stereocenters. The summed E-state index contributed by atoms with van der Waals surface area (Å²) in [6.45, 7) is 19.8. The van der Waals surface area contributed by atoms with Crippen molar-refractivity contribution in [3.05, 3.63) is 23.8 Å². The van der Waals surface area contributed by atoms with Gasteiger partial charge in [0.15, 0.2) is 0 Å². The molecular weight excluding hydrogens is 551 g/mol. The summed E-state index contributed by atoms with van der Waals surface area (Å²) in [5.41, 5.74) is 1.52. The minimum absolute atomic E-state index is 0.216. The minimum atomic E-state index is -0.611. The van der Waals surface area contributed by atoms with Crippen LogP contribution in [-0.2, 0) is 24.3 Å². The Hall–Kier alpha value is -2.06. The zero-order valence-corrected chi connectivity index (χ0v) is 28.8. The standard InChI is InChI=1S/C36H55BN2O5/c1-32(2,3)42-31(41)38-19-17-36(18-20-38)28-13-12-26(37-43-34(6,7)35(8,9)44-37)23-29(28)39(30(36)40)27-21-25(22-27)24-11-10-15-33(4,5)16-14-24/h12-13,23-25,27H,10-11,14-22H2,1-9H3. The Balaban J connectivity index is 1.26. The van der Waals surface area contributed by atoms with Crippen molar-refractivity contribution in [2.75, 3.05) is 18.0 Å². The van der Waals surface area contributed by atoms with Crippen LogP contribution in [0.5, 0.6) is 0 Å². The average Bonchev–Trinajstić information content (AvgIpc) is 3.15. The van der Waals surface area contributed by atoms with Gasteiger partial charge in [0.05, 0.1) is 16.6 Å². The van der Waals surface area contributed by atoms with Crippen molar-refractivity contribution in [3.8, 4) is 0 Å². The number of hydrogen-bond donors (Lipinski definition) is 0. The summed E-state index contributed by atoms with van der Waals surface area (Å²) in [4.78, 5) is 31.5. The van der Waals surface area contributed by atoms with Gasteiger partial charge >= 0.3 is 13.2 Å². The van der Waals surface area contributed by atoms with E-state index in [1.165, 1.54) is 32.1 Å². The maximum absolute atomic E-state index is 14.7. The molecule has 44 heavy (non-hydrogen) atoms. The molecule has 1 aromatic carbocycles. The van der Waals surface area contributed by atoms with Crippen LogP contribution >= 0.6 is 0 Å². The number of carbonyl (C=O) groups excluding carboxylic acids is 2. The molecule has 242 valence electrons. The summed E-state index contributed by atoms with van der Waals surface area (Å²) in [5, 5.41) is 0. The third-order valence-electron chi connectivity index (χ3n) is 12.0. The molecule has 2 amide bonds. The minimum Gasteiger partial charge on any atom is -0.444 e. The number of fused-ring (bicyclic) bond motifs is 2. The third kappa shape index (κ3) is 5.61. The normalized spacial score (nSPS) is 30.6. The number of benzene rings is 1. The lowest BCUT2D eigenvalue weighted by Gasteiger charge is -2.46. The zero-order chi connectivity index (χ0) is 31.9. The highest BCUT2D eigenvalue weighted by Gasteiger charge is 2.57. The largest absolute Gasteiger partial charge is 0.494 e. The molecule has 2 saturated carbocycles. The Kier molecular flexibility index (Phi) is 7.80. The van der Waals surface area contributed by atoms with Gasteiger partial charge in [0.1, 0.15) is 5.60 Å². The van der Waals surface area contributed by atoms with Gasteiger partial charge < -0.3 is 23.8 Å². The molecule has 4 fully saturated rings. The Morgan fingerprint density at radius 3 is 2.16 bits per heavy atom. The lowest BCUT2D eigenvalue weighted by atomic mass is 9.68. The highest BCUT2D eigenvalue weighted by molar-refractivity contribution is 6.62. The van der Waals surface area contributed by atoms with Crippen LogP contribution in [0.2, 0.25) is 0 Å². The van der Waals surface area contributed by atoms with Crippen LogP contribution in [0.15, 0.2) is 18.2 Å². The smallest absolute Gasteiger partial charge is 0.444 e. The molecule has 3 heterocycles. The molecule has 1 spiro atoms. The van der Waals surface area contributed by atoms with E-state index in [-0.39, 0.29) is 18.0 Å². The van der Waals surface area contributed by atoms with Crippen molar-refractivity contribution in [2.24, 2.45) is 17.3 Å². The monoisotopic (exact) mass is 606 g/mol. The molecule has 6 rings (SSSR count).